The smallest absolute Gasteiger partial charge is 1.00 e. The Morgan fingerprint density at radius 3 is 1.33 bits per heavy atom. The Morgan fingerprint density at radius 1 is 1.33 bits per heavy atom. The average Bonchev–Trinajstić information content (AvgIpc) is 0.722. The zero-order valence-corrected chi connectivity index (χ0v) is 6.84. The van der Waals surface area contributed by atoms with Crippen molar-refractivity contribution in [1.82, 2.24) is 0 Å². The molecule has 0 aromatic rings. The summed E-state index contributed by atoms with van der Waals surface area (Å²) in [5, 5.41) is 0. The second-order valence-corrected chi connectivity index (χ2v) is 2.91. The van der Waals surface area contributed by atoms with Crippen molar-refractivity contribution in [2.75, 3.05) is 0 Å². The normalized spacial score (nSPS) is 10.0. The van der Waals surface area contributed by atoms with E-state index in [1.807, 2.05) is 0 Å². The van der Waals surface area contributed by atoms with Gasteiger partial charge in [-0.2, -0.15) is 0 Å². The third-order valence-corrected chi connectivity index (χ3v) is 0. The molecule has 0 aromatic carbocycles. The van der Waals surface area contributed by atoms with Crippen LogP contribution >= 0.6 is 0 Å². The van der Waals surface area contributed by atoms with Gasteiger partial charge >= 0.3 is 38.4 Å². The standard InChI is InChI=1S/CH6O3Si.Na.H/c1-5(2,3)4;;/h2-4H,1H3;;/q;+1;-1. The molecule has 0 aliphatic carbocycles. The monoisotopic (exact) mass is 118 g/mol. The Hall–Kier alpha value is 1.10. The van der Waals surface area contributed by atoms with Gasteiger partial charge in [-0.1, -0.05) is 0 Å². The van der Waals surface area contributed by atoms with Crippen molar-refractivity contribution in [3.63, 3.8) is 0 Å². The summed E-state index contributed by atoms with van der Waals surface area (Å²) >= 11 is 0. The largest absolute Gasteiger partial charge is 1.00 e. The molecule has 6 heavy (non-hydrogen) atoms. The van der Waals surface area contributed by atoms with Gasteiger partial charge in [0.15, 0.2) is 0 Å². The van der Waals surface area contributed by atoms with Gasteiger partial charge in [0.25, 0.3) is 0 Å². The van der Waals surface area contributed by atoms with Crippen molar-refractivity contribution in [2.45, 2.75) is 6.55 Å². The van der Waals surface area contributed by atoms with Crippen molar-refractivity contribution in [3.8, 4) is 0 Å². The minimum atomic E-state index is -3.61. The second-order valence-electron chi connectivity index (χ2n) is 0.971. The van der Waals surface area contributed by atoms with Crippen molar-refractivity contribution in [1.29, 1.82) is 0 Å². The van der Waals surface area contributed by atoms with Crippen LogP contribution in [0.25, 0.3) is 0 Å². The molecule has 0 saturated carbocycles. The van der Waals surface area contributed by atoms with E-state index in [4.69, 9.17) is 14.4 Å². The molecule has 0 unspecified atom stereocenters. The van der Waals surface area contributed by atoms with Crippen LogP contribution in [-0.4, -0.2) is 23.2 Å². The predicted molar refractivity (Wildman–Crippen MR) is 19.4 cm³/mol. The maximum absolute atomic E-state index is 7.77. The maximum atomic E-state index is 7.77. The number of hydrogen-bond donors (Lipinski definition) is 3. The van der Waals surface area contributed by atoms with E-state index < -0.39 is 8.80 Å². The van der Waals surface area contributed by atoms with Crippen molar-refractivity contribution < 1.29 is 45.4 Å². The van der Waals surface area contributed by atoms with E-state index in [0.29, 0.717) is 0 Å². The van der Waals surface area contributed by atoms with Gasteiger partial charge in [0.05, 0.1) is 0 Å². The minimum absolute atomic E-state index is 0. The first-order chi connectivity index (χ1) is 2.00. The SMILES string of the molecule is C[Si](O)(O)O.[H-].[Na+]. The predicted octanol–water partition coefficient (Wildman–Crippen LogP) is -4.35. The summed E-state index contributed by atoms with van der Waals surface area (Å²) in [5.74, 6) is 0. The fraction of sp³-hybridized carbons (Fsp3) is 1.00. The molecule has 0 atom stereocenters. The van der Waals surface area contributed by atoms with Gasteiger partial charge in [0.1, 0.15) is 0 Å². The Morgan fingerprint density at radius 2 is 1.33 bits per heavy atom. The molecule has 3 N–H and O–H groups in total. The van der Waals surface area contributed by atoms with Gasteiger partial charge in [-0.25, -0.2) is 0 Å². The molecule has 0 aromatic heterocycles. The first kappa shape index (κ1) is 10.2. The third kappa shape index (κ3) is 71.1. The molecule has 5 heteroatoms. The van der Waals surface area contributed by atoms with Crippen molar-refractivity contribution in [2.24, 2.45) is 0 Å². The number of rotatable bonds is 0. The van der Waals surface area contributed by atoms with Gasteiger partial charge in [-0.15, -0.1) is 0 Å². The van der Waals surface area contributed by atoms with E-state index >= 15 is 0 Å². The summed E-state index contributed by atoms with van der Waals surface area (Å²) in [7, 11) is -3.61. The van der Waals surface area contributed by atoms with Crippen molar-refractivity contribution >= 4 is 8.80 Å². The second kappa shape index (κ2) is 3.14. The molecule has 0 heterocycles. The number of hydrogen-bond acceptors (Lipinski definition) is 3. The van der Waals surface area contributed by atoms with Crippen LogP contribution in [-0.2, 0) is 0 Å². The third-order valence-electron chi connectivity index (χ3n) is 0. The summed E-state index contributed by atoms with van der Waals surface area (Å²) in [4.78, 5) is 23.3. The molecule has 34 valence electrons. The summed E-state index contributed by atoms with van der Waals surface area (Å²) in [6, 6.07) is 0. The molecular weight excluding hydrogens is 111 g/mol. The Balaban J connectivity index is -0.0000000800. The zero-order chi connectivity index (χ0) is 4.50. The van der Waals surface area contributed by atoms with Crippen LogP contribution in [0.4, 0.5) is 0 Å². The Kier molecular flexibility index (Phi) is 5.32. The van der Waals surface area contributed by atoms with E-state index in [9.17, 15) is 0 Å². The van der Waals surface area contributed by atoms with E-state index in [1.165, 1.54) is 0 Å². The Labute approximate surface area is 60.8 Å². The molecular formula is CH7NaO3Si. The van der Waals surface area contributed by atoms with Gasteiger partial charge in [-0.3, -0.25) is 0 Å². The van der Waals surface area contributed by atoms with Gasteiger partial charge < -0.3 is 15.8 Å². The first-order valence-corrected chi connectivity index (χ1v) is 3.51. The molecule has 0 rings (SSSR count). The maximum Gasteiger partial charge on any atom is 1.00 e. The van der Waals surface area contributed by atoms with E-state index in [0.717, 1.165) is 6.55 Å². The van der Waals surface area contributed by atoms with E-state index in [-0.39, 0.29) is 31.0 Å². The molecule has 3 nitrogen and oxygen atoms in total. The Bertz CT molecular complexity index is 30.4. The average molecular weight is 118 g/mol. The van der Waals surface area contributed by atoms with E-state index in [1.54, 1.807) is 0 Å². The van der Waals surface area contributed by atoms with Gasteiger partial charge in [-0.05, 0) is 0 Å². The fourth-order valence-corrected chi connectivity index (χ4v) is 0. The summed E-state index contributed by atoms with van der Waals surface area (Å²) in [6.45, 7) is 0.993. The molecule has 0 saturated heterocycles. The van der Waals surface area contributed by atoms with Gasteiger partial charge in [0.2, 0.25) is 0 Å². The van der Waals surface area contributed by atoms with Crippen LogP contribution in [0.3, 0.4) is 0 Å². The molecule has 0 spiro atoms. The van der Waals surface area contributed by atoms with Crippen LogP contribution in [0, 0.1) is 0 Å². The van der Waals surface area contributed by atoms with Crippen LogP contribution in [0.2, 0.25) is 6.55 Å². The molecule has 0 radical (unpaired) electrons. The van der Waals surface area contributed by atoms with Crippen LogP contribution in [0.15, 0.2) is 0 Å². The minimum Gasteiger partial charge on any atom is -1.00 e. The van der Waals surface area contributed by atoms with Gasteiger partial charge in [0, 0.05) is 6.55 Å². The molecule has 0 bridgehead atoms. The molecule has 0 aliphatic heterocycles. The van der Waals surface area contributed by atoms with E-state index in [2.05, 4.69) is 0 Å². The van der Waals surface area contributed by atoms with Crippen LogP contribution in [0.1, 0.15) is 1.43 Å². The van der Waals surface area contributed by atoms with Crippen LogP contribution in [0.5, 0.6) is 0 Å². The van der Waals surface area contributed by atoms with Crippen molar-refractivity contribution in [3.05, 3.63) is 0 Å². The summed E-state index contributed by atoms with van der Waals surface area (Å²) in [6.07, 6.45) is 0. The summed E-state index contributed by atoms with van der Waals surface area (Å²) in [5.41, 5.74) is 0. The zero-order valence-electron chi connectivity index (χ0n) is 4.84. The summed E-state index contributed by atoms with van der Waals surface area (Å²) < 4.78 is 0. The molecule has 0 amide bonds. The van der Waals surface area contributed by atoms with Crippen LogP contribution < -0.4 is 29.6 Å². The first-order valence-electron chi connectivity index (χ1n) is 1.17. The fourth-order valence-electron chi connectivity index (χ4n) is 0. The molecule has 0 aliphatic rings. The topological polar surface area (TPSA) is 60.7 Å². The molecule has 0 fully saturated rings. The quantitative estimate of drug-likeness (QED) is 0.282.